The molecule has 7 aromatic carbocycles. The third kappa shape index (κ3) is 3.65. The van der Waals surface area contributed by atoms with Crippen LogP contribution in [0.3, 0.4) is 0 Å². The summed E-state index contributed by atoms with van der Waals surface area (Å²) < 4.78 is 4.99. The Balaban J connectivity index is 1.44. The van der Waals surface area contributed by atoms with E-state index in [1.165, 1.54) is 52.8 Å². The number of benzene rings is 7. The van der Waals surface area contributed by atoms with Crippen LogP contribution < -0.4 is 0 Å². The Labute approximate surface area is 268 Å². The van der Waals surface area contributed by atoms with Gasteiger partial charge < -0.3 is 0 Å². The number of rotatable bonds is 3. The van der Waals surface area contributed by atoms with Crippen LogP contribution >= 0.6 is 11.3 Å². The molecule has 0 saturated carbocycles. The zero-order chi connectivity index (χ0) is 30.2. The lowest BCUT2D eigenvalue weighted by Crippen LogP contribution is -2.04. The van der Waals surface area contributed by atoms with Crippen LogP contribution in [0.4, 0.5) is 0 Å². The Kier molecular flexibility index (Phi) is 5.45. The predicted molar refractivity (Wildman–Crippen MR) is 195 cm³/mol. The van der Waals surface area contributed by atoms with Crippen molar-refractivity contribution in [3.05, 3.63) is 152 Å². The van der Waals surface area contributed by atoms with Crippen LogP contribution in [-0.2, 0) is 0 Å². The van der Waals surface area contributed by atoms with Crippen molar-refractivity contribution in [1.29, 1.82) is 0 Å². The van der Waals surface area contributed by atoms with Crippen molar-refractivity contribution in [3.63, 3.8) is 0 Å². The van der Waals surface area contributed by atoms with E-state index in [0.29, 0.717) is 0 Å². The third-order valence-electron chi connectivity index (χ3n) is 9.18. The topological polar surface area (TPSA) is 30.7 Å². The van der Waals surface area contributed by atoms with E-state index >= 15 is 0 Å². The van der Waals surface area contributed by atoms with Gasteiger partial charge in [-0.1, -0.05) is 127 Å². The Bertz CT molecular complexity index is 2810. The van der Waals surface area contributed by atoms with Crippen molar-refractivity contribution in [2.24, 2.45) is 0 Å². The molecular weight excluding hydrogens is 579 g/mol. The lowest BCUT2D eigenvalue weighted by atomic mass is 9.97. The maximum atomic E-state index is 5.44. The summed E-state index contributed by atoms with van der Waals surface area (Å²) in [6, 6.07) is 54.0. The summed E-state index contributed by atoms with van der Waals surface area (Å²) in [6.45, 7) is 0. The van der Waals surface area contributed by atoms with Crippen molar-refractivity contribution in [1.82, 2.24) is 14.5 Å². The molecule has 10 aromatic rings. The molecular formula is C42H25N3S. The molecule has 4 heteroatoms. The lowest BCUT2D eigenvalue weighted by Gasteiger charge is -2.16. The van der Waals surface area contributed by atoms with Gasteiger partial charge in [-0.3, -0.25) is 4.57 Å². The first-order valence-corrected chi connectivity index (χ1v) is 16.3. The largest absolute Gasteiger partial charge is 0.291 e. The first kappa shape index (κ1) is 25.5. The van der Waals surface area contributed by atoms with Crippen LogP contribution in [0.1, 0.15) is 0 Å². The molecule has 0 aliphatic carbocycles. The highest BCUT2D eigenvalue weighted by atomic mass is 32.1. The van der Waals surface area contributed by atoms with Crippen LogP contribution in [0.15, 0.2) is 152 Å². The molecule has 3 heterocycles. The minimum Gasteiger partial charge on any atom is -0.291 e. The van der Waals surface area contributed by atoms with E-state index in [9.17, 15) is 0 Å². The summed E-state index contributed by atoms with van der Waals surface area (Å²) in [6.07, 6.45) is 0. The van der Waals surface area contributed by atoms with E-state index in [2.05, 4.69) is 138 Å². The number of aromatic nitrogens is 3. The van der Waals surface area contributed by atoms with Crippen LogP contribution in [0, 0.1) is 0 Å². The quantitative estimate of drug-likeness (QED) is 0.201. The van der Waals surface area contributed by atoms with Gasteiger partial charge in [0.15, 0.2) is 5.82 Å². The van der Waals surface area contributed by atoms with Crippen molar-refractivity contribution in [2.75, 3.05) is 0 Å². The number of fused-ring (bicyclic) bond motifs is 9. The summed E-state index contributed by atoms with van der Waals surface area (Å²) >= 11 is 1.86. The summed E-state index contributed by atoms with van der Waals surface area (Å²) in [7, 11) is 0. The summed E-state index contributed by atoms with van der Waals surface area (Å²) in [5.74, 6) is 0.830. The van der Waals surface area contributed by atoms with Crippen LogP contribution in [0.2, 0.25) is 0 Å². The first-order chi connectivity index (χ1) is 22.8. The second-order valence-electron chi connectivity index (χ2n) is 11.7. The van der Waals surface area contributed by atoms with Crippen LogP contribution in [-0.4, -0.2) is 14.5 Å². The average Bonchev–Trinajstić information content (AvgIpc) is 3.68. The zero-order valence-corrected chi connectivity index (χ0v) is 25.5. The van der Waals surface area contributed by atoms with Gasteiger partial charge >= 0.3 is 0 Å². The molecule has 3 aromatic heterocycles. The Morgan fingerprint density at radius 1 is 0.435 bits per heavy atom. The Hall–Kier alpha value is -5.84. The molecule has 3 nitrogen and oxygen atoms in total. The van der Waals surface area contributed by atoms with E-state index < -0.39 is 0 Å². The molecule has 0 atom stereocenters. The molecule has 0 unspecified atom stereocenters. The minimum atomic E-state index is 0.830. The molecule has 0 aliphatic heterocycles. The van der Waals surface area contributed by atoms with Crippen molar-refractivity contribution in [2.45, 2.75) is 0 Å². The van der Waals surface area contributed by atoms with Gasteiger partial charge in [-0.15, -0.1) is 11.3 Å². The maximum absolute atomic E-state index is 5.44. The molecule has 0 radical (unpaired) electrons. The Morgan fingerprint density at radius 3 is 1.98 bits per heavy atom. The summed E-state index contributed by atoms with van der Waals surface area (Å²) in [5.41, 5.74) is 8.34. The second kappa shape index (κ2) is 9.83. The summed E-state index contributed by atoms with van der Waals surface area (Å²) in [4.78, 5) is 10.7. The minimum absolute atomic E-state index is 0.830. The SMILES string of the molecule is c1ccc(-c2nc3ccccc3nc2-n2c3c(-c4cccc5sc6ccccc6c45)cccc3c3ccc4ccccc4c32)cc1. The number of thiophene rings is 1. The van der Waals surface area contributed by atoms with Crippen LogP contribution in [0.5, 0.6) is 0 Å². The number of hydrogen-bond acceptors (Lipinski definition) is 3. The highest BCUT2D eigenvalue weighted by molar-refractivity contribution is 7.25. The van der Waals surface area contributed by atoms with Crippen molar-refractivity contribution in [3.8, 4) is 28.2 Å². The summed E-state index contributed by atoms with van der Waals surface area (Å²) in [5, 5.41) is 7.37. The molecule has 0 bridgehead atoms. The molecule has 0 spiro atoms. The molecule has 214 valence electrons. The Morgan fingerprint density at radius 2 is 1.09 bits per heavy atom. The van der Waals surface area contributed by atoms with E-state index in [1.54, 1.807) is 0 Å². The van der Waals surface area contributed by atoms with Gasteiger partial charge in [-0.2, -0.15) is 0 Å². The van der Waals surface area contributed by atoms with Gasteiger partial charge in [-0.05, 0) is 35.2 Å². The van der Waals surface area contributed by atoms with Gasteiger partial charge in [-0.25, -0.2) is 9.97 Å². The maximum Gasteiger partial charge on any atom is 0.165 e. The number of nitrogens with zero attached hydrogens (tertiary/aromatic N) is 3. The third-order valence-corrected chi connectivity index (χ3v) is 10.3. The molecule has 0 amide bonds. The fourth-order valence-electron chi connectivity index (χ4n) is 7.19. The standard InChI is InChI=1S/C42H25N3S/c1-2-13-27(14-3-1)39-42(44-35-21-8-7-20-34(35)43-39)45-40-28-15-5-4-12-26(28)24-25-32(40)31-19-10-18-30(41(31)45)29-17-11-23-37-38(29)33-16-6-9-22-36(33)46-37/h1-25H. The van der Waals surface area contributed by atoms with Crippen molar-refractivity contribution < 1.29 is 0 Å². The normalized spacial score (nSPS) is 11.9. The number of para-hydroxylation sites is 3. The first-order valence-electron chi connectivity index (χ1n) is 15.5. The predicted octanol–water partition coefficient (Wildman–Crippen LogP) is 11.6. The van der Waals surface area contributed by atoms with Gasteiger partial charge in [0.1, 0.15) is 5.69 Å². The lowest BCUT2D eigenvalue weighted by molar-refractivity contribution is 1.08. The highest BCUT2D eigenvalue weighted by Gasteiger charge is 2.24. The molecule has 0 aliphatic rings. The van der Waals surface area contributed by atoms with E-state index in [-0.39, 0.29) is 0 Å². The molecule has 0 fully saturated rings. The van der Waals surface area contributed by atoms with Crippen LogP contribution in [0.25, 0.3) is 92.0 Å². The monoisotopic (exact) mass is 603 g/mol. The average molecular weight is 604 g/mol. The van der Waals surface area contributed by atoms with Gasteiger partial charge in [0, 0.05) is 47.5 Å². The second-order valence-corrected chi connectivity index (χ2v) is 12.8. The van der Waals surface area contributed by atoms with E-state index in [4.69, 9.17) is 9.97 Å². The van der Waals surface area contributed by atoms with Gasteiger partial charge in [0.25, 0.3) is 0 Å². The highest BCUT2D eigenvalue weighted by Crippen LogP contribution is 2.46. The molecule has 0 saturated heterocycles. The van der Waals surface area contributed by atoms with E-state index in [1.807, 2.05) is 29.5 Å². The molecule has 46 heavy (non-hydrogen) atoms. The fraction of sp³-hybridized carbons (Fsp3) is 0. The fourth-order valence-corrected chi connectivity index (χ4v) is 8.32. The van der Waals surface area contributed by atoms with Crippen molar-refractivity contribution >= 4 is 75.1 Å². The smallest absolute Gasteiger partial charge is 0.165 e. The number of hydrogen-bond donors (Lipinski definition) is 0. The zero-order valence-electron chi connectivity index (χ0n) is 24.7. The van der Waals surface area contributed by atoms with E-state index in [0.717, 1.165) is 39.1 Å². The van der Waals surface area contributed by atoms with Gasteiger partial charge in [0.2, 0.25) is 0 Å². The van der Waals surface area contributed by atoms with Gasteiger partial charge in [0.05, 0.1) is 22.1 Å². The molecule has 0 N–H and O–H groups in total. The molecule has 10 rings (SSSR count).